The van der Waals surface area contributed by atoms with E-state index in [9.17, 15) is 0 Å². The van der Waals surface area contributed by atoms with E-state index in [0.717, 1.165) is 26.8 Å². The lowest BCUT2D eigenvalue weighted by atomic mass is 10.1. The largest absolute Gasteiger partial charge is 0.329 e. The van der Waals surface area contributed by atoms with Crippen molar-refractivity contribution in [2.24, 2.45) is 0 Å². The maximum atomic E-state index is 6.32. The second-order valence-electron chi connectivity index (χ2n) is 6.01. The predicted octanol–water partition coefficient (Wildman–Crippen LogP) is 8.83. The number of halogens is 3. The van der Waals surface area contributed by atoms with E-state index in [1.165, 1.54) is 4.90 Å². The first-order chi connectivity index (χ1) is 13.7. The Bertz CT molecular complexity index is 1080. The average molecular weight is 524 g/mol. The summed E-state index contributed by atoms with van der Waals surface area (Å²) in [5.74, 6) is 0. The molecular formula is C22H17BrCl2N2S2. The zero-order chi connectivity index (χ0) is 19.5. The number of aromatic nitrogens is 1. The van der Waals surface area contributed by atoms with Crippen LogP contribution in [0.1, 0.15) is 0 Å². The van der Waals surface area contributed by atoms with Gasteiger partial charge < -0.3 is 5.32 Å². The van der Waals surface area contributed by atoms with Crippen LogP contribution >= 0.6 is 63.3 Å². The number of thioether (sulfide) groups is 1. The first-order valence-electron chi connectivity index (χ1n) is 8.57. The summed E-state index contributed by atoms with van der Waals surface area (Å²) in [6.45, 7) is 0. The van der Waals surface area contributed by atoms with E-state index in [2.05, 4.69) is 48.0 Å². The lowest BCUT2D eigenvalue weighted by Gasteiger charge is -2.07. The first kappa shape index (κ1) is 22.2. The van der Waals surface area contributed by atoms with Crippen LogP contribution in [-0.2, 0) is 0 Å². The quantitative estimate of drug-likeness (QED) is 0.264. The highest BCUT2D eigenvalue weighted by Gasteiger charge is 2.16. The Morgan fingerprint density at radius 1 is 0.828 bits per heavy atom. The van der Waals surface area contributed by atoms with Crippen molar-refractivity contribution in [3.63, 3.8) is 0 Å². The third kappa shape index (κ3) is 4.98. The van der Waals surface area contributed by atoms with Gasteiger partial charge in [0, 0.05) is 10.5 Å². The molecule has 0 saturated heterocycles. The van der Waals surface area contributed by atoms with Crippen molar-refractivity contribution in [1.29, 1.82) is 0 Å². The Labute approximate surface area is 199 Å². The number of para-hydroxylation sites is 1. The van der Waals surface area contributed by atoms with Crippen LogP contribution in [-0.4, -0.2) is 11.2 Å². The number of nitrogens with zero attached hydrogens (tertiary/aromatic N) is 1. The third-order valence-corrected chi connectivity index (χ3v) is 6.61. The number of thiazole rings is 1. The fourth-order valence-electron chi connectivity index (χ4n) is 2.83. The minimum Gasteiger partial charge on any atom is -0.329 e. The van der Waals surface area contributed by atoms with Gasteiger partial charge in [-0.3, -0.25) is 0 Å². The third-order valence-electron chi connectivity index (χ3n) is 4.22. The Morgan fingerprint density at radius 2 is 1.48 bits per heavy atom. The van der Waals surface area contributed by atoms with Crippen molar-refractivity contribution in [2.45, 2.75) is 4.90 Å². The van der Waals surface area contributed by atoms with Gasteiger partial charge >= 0.3 is 0 Å². The van der Waals surface area contributed by atoms with Crippen LogP contribution in [0.4, 0.5) is 10.8 Å². The summed E-state index contributed by atoms with van der Waals surface area (Å²) in [5.41, 5.74) is 3.81. The molecule has 1 aromatic heterocycles. The van der Waals surface area contributed by atoms with Gasteiger partial charge in [0.05, 0.1) is 26.3 Å². The van der Waals surface area contributed by atoms with E-state index < -0.39 is 0 Å². The molecule has 0 spiro atoms. The Hall–Kier alpha value is -1.50. The van der Waals surface area contributed by atoms with Crippen LogP contribution in [0.15, 0.2) is 77.7 Å². The molecule has 29 heavy (non-hydrogen) atoms. The highest BCUT2D eigenvalue weighted by Crippen LogP contribution is 2.42. The fourth-order valence-corrected chi connectivity index (χ4v) is 4.73. The van der Waals surface area contributed by atoms with Crippen LogP contribution in [0.5, 0.6) is 0 Å². The zero-order valence-corrected chi connectivity index (χ0v) is 20.2. The smallest absolute Gasteiger partial charge is 0.188 e. The Balaban J connectivity index is 0.00000240. The highest BCUT2D eigenvalue weighted by atomic mass is 79.9. The molecule has 1 heterocycles. The van der Waals surface area contributed by atoms with Gasteiger partial charge in [-0.25, -0.2) is 4.98 Å². The number of benzene rings is 3. The molecule has 4 rings (SSSR count). The van der Waals surface area contributed by atoms with Gasteiger partial charge in [0.25, 0.3) is 0 Å². The van der Waals surface area contributed by atoms with E-state index in [0.29, 0.717) is 15.7 Å². The molecule has 0 radical (unpaired) electrons. The molecule has 0 saturated carbocycles. The van der Waals surface area contributed by atoms with Crippen molar-refractivity contribution >= 4 is 74.1 Å². The van der Waals surface area contributed by atoms with Crippen LogP contribution in [0.2, 0.25) is 10.0 Å². The van der Waals surface area contributed by atoms with Crippen molar-refractivity contribution in [3.05, 3.63) is 82.8 Å². The molecule has 0 aliphatic heterocycles. The zero-order valence-electron chi connectivity index (χ0n) is 15.4. The molecule has 0 bridgehead atoms. The van der Waals surface area contributed by atoms with Crippen molar-refractivity contribution < 1.29 is 0 Å². The summed E-state index contributed by atoms with van der Waals surface area (Å²) >= 11 is 16.0. The molecule has 0 unspecified atom stereocenters. The van der Waals surface area contributed by atoms with Gasteiger partial charge in [-0.2, -0.15) is 0 Å². The SMILES string of the molecule is Br.CSc1ccc(-c2nc(Nc3c(Cl)cccc3Cl)sc2-c2ccccc2)cc1. The predicted molar refractivity (Wildman–Crippen MR) is 135 cm³/mol. The molecule has 7 heteroatoms. The molecule has 0 aliphatic rings. The number of nitrogens with one attached hydrogen (secondary N) is 1. The van der Waals surface area contributed by atoms with Gasteiger partial charge in [0.1, 0.15) is 0 Å². The number of hydrogen-bond acceptors (Lipinski definition) is 4. The van der Waals surface area contributed by atoms with Crippen molar-refractivity contribution in [1.82, 2.24) is 4.98 Å². The van der Waals surface area contributed by atoms with Gasteiger partial charge in [0.2, 0.25) is 0 Å². The van der Waals surface area contributed by atoms with Crippen LogP contribution in [0.25, 0.3) is 21.7 Å². The van der Waals surface area contributed by atoms with Gasteiger partial charge in [0.15, 0.2) is 5.13 Å². The standard InChI is InChI=1S/C22H16Cl2N2S2.BrH/c1-27-16-12-10-14(11-13-16)19-21(15-6-3-2-4-7-15)28-22(25-19)26-20-17(23)8-5-9-18(20)24;/h2-13H,1H3,(H,25,26);1H. The molecule has 1 N–H and O–H groups in total. The van der Waals surface area contributed by atoms with Gasteiger partial charge in [-0.15, -0.1) is 28.7 Å². The molecule has 148 valence electrons. The normalized spacial score (nSPS) is 10.4. The van der Waals surface area contributed by atoms with E-state index in [4.69, 9.17) is 28.2 Å². The van der Waals surface area contributed by atoms with Crippen molar-refractivity contribution in [2.75, 3.05) is 11.6 Å². The fraction of sp³-hybridized carbons (Fsp3) is 0.0455. The molecule has 0 atom stereocenters. The monoisotopic (exact) mass is 522 g/mol. The maximum Gasteiger partial charge on any atom is 0.188 e. The minimum absolute atomic E-state index is 0. The van der Waals surface area contributed by atoms with Gasteiger partial charge in [-0.05, 0) is 36.1 Å². The lowest BCUT2D eigenvalue weighted by Crippen LogP contribution is -1.91. The second-order valence-corrected chi connectivity index (χ2v) is 8.71. The average Bonchev–Trinajstić information content (AvgIpc) is 3.15. The Kier molecular flexibility index (Phi) is 7.66. The van der Waals surface area contributed by atoms with Crippen LogP contribution in [0.3, 0.4) is 0 Å². The first-order valence-corrected chi connectivity index (χ1v) is 11.4. The summed E-state index contributed by atoms with van der Waals surface area (Å²) in [6, 6.07) is 24.2. The van der Waals surface area contributed by atoms with Crippen LogP contribution < -0.4 is 5.32 Å². The summed E-state index contributed by atoms with van der Waals surface area (Å²) in [5, 5.41) is 5.18. The second kappa shape index (κ2) is 10.0. The number of rotatable bonds is 5. The molecule has 0 amide bonds. The highest BCUT2D eigenvalue weighted by molar-refractivity contribution is 8.93. The van der Waals surface area contributed by atoms with Gasteiger partial charge in [-0.1, -0.05) is 83.1 Å². The molecule has 3 aromatic carbocycles. The molecule has 0 aliphatic carbocycles. The van der Waals surface area contributed by atoms with E-state index >= 15 is 0 Å². The summed E-state index contributed by atoms with van der Waals surface area (Å²) in [6.07, 6.45) is 2.07. The van der Waals surface area contributed by atoms with E-state index in [-0.39, 0.29) is 17.0 Å². The molecular weight excluding hydrogens is 507 g/mol. The molecule has 2 nitrogen and oxygen atoms in total. The molecule has 0 fully saturated rings. The lowest BCUT2D eigenvalue weighted by molar-refractivity contribution is 1.37. The van der Waals surface area contributed by atoms with E-state index in [1.807, 2.05) is 36.4 Å². The number of anilines is 2. The maximum absolute atomic E-state index is 6.32. The minimum atomic E-state index is 0. The Morgan fingerprint density at radius 3 is 2.10 bits per heavy atom. The topological polar surface area (TPSA) is 24.9 Å². The summed E-state index contributed by atoms with van der Waals surface area (Å²) in [4.78, 5) is 7.20. The molecule has 4 aromatic rings. The summed E-state index contributed by atoms with van der Waals surface area (Å²) < 4.78 is 0. The summed E-state index contributed by atoms with van der Waals surface area (Å²) in [7, 11) is 0. The van der Waals surface area contributed by atoms with Crippen LogP contribution in [0, 0.1) is 0 Å². The van der Waals surface area contributed by atoms with E-state index in [1.54, 1.807) is 23.1 Å². The number of hydrogen-bond donors (Lipinski definition) is 1. The van der Waals surface area contributed by atoms with Crippen molar-refractivity contribution in [3.8, 4) is 21.7 Å².